The van der Waals surface area contributed by atoms with E-state index in [0.29, 0.717) is 6.54 Å². The molecule has 2 saturated heterocycles. The molecule has 5 nitrogen and oxygen atoms in total. The summed E-state index contributed by atoms with van der Waals surface area (Å²) in [5.41, 5.74) is 3.37. The third kappa shape index (κ3) is 3.37. The van der Waals surface area contributed by atoms with Crippen molar-refractivity contribution in [3.05, 3.63) is 58.9 Å². The molecule has 2 amide bonds. The van der Waals surface area contributed by atoms with Gasteiger partial charge in [-0.25, -0.2) is 0 Å². The minimum Gasteiger partial charge on any atom is -0.351 e. The van der Waals surface area contributed by atoms with E-state index < -0.39 is 5.54 Å². The third-order valence-electron chi connectivity index (χ3n) is 6.96. The Bertz CT molecular complexity index is 918. The lowest BCUT2D eigenvalue weighted by Crippen LogP contribution is -2.61. The van der Waals surface area contributed by atoms with Crippen LogP contribution in [0.2, 0.25) is 0 Å². The van der Waals surface area contributed by atoms with Gasteiger partial charge in [0.25, 0.3) is 5.91 Å². The third-order valence-corrected chi connectivity index (χ3v) is 6.96. The summed E-state index contributed by atoms with van der Waals surface area (Å²) in [6.45, 7) is 6.18. The number of carbonyl (C=O) groups excluding carboxylic acids is 2. The van der Waals surface area contributed by atoms with Gasteiger partial charge in [-0.05, 0) is 57.6 Å². The van der Waals surface area contributed by atoms with Crippen LogP contribution < -0.4 is 0 Å². The molecule has 0 bridgehead atoms. The maximum Gasteiger partial charge on any atom is 0.256 e. The number of piperidine rings is 1. The van der Waals surface area contributed by atoms with Crippen LogP contribution in [0.3, 0.4) is 0 Å². The van der Waals surface area contributed by atoms with Crippen LogP contribution in [0, 0.1) is 13.8 Å². The molecule has 0 radical (unpaired) electrons. The fourth-order valence-electron chi connectivity index (χ4n) is 5.06. The Kier molecular flexibility index (Phi) is 5.24. The average molecular weight is 394 g/mol. The van der Waals surface area contributed by atoms with Gasteiger partial charge in [0.05, 0.1) is 5.56 Å². The first kappa shape index (κ1) is 19.7. The van der Waals surface area contributed by atoms with Crippen molar-refractivity contribution in [2.45, 2.75) is 51.5 Å². The van der Waals surface area contributed by atoms with Gasteiger partial charge in [0.2, 0.25) is 5.91 Å². The van der Waals surface area contributed by atoms with E-state index in [1.54, 1.807) is 0 Å². The molecule has 5 heteroatoms. The first-order valence-corrected chi connectivity index (χ1v) is 10.7. The molecule has 0 aliphatic carbocycles. The molecule has 1 spiro atoms. The highest BCUT2D eigenvalue weighted by Gasteiger charge is 2.52. The van der Waals surface area contributed by atoms with Gasteiger partial charge in [0.15, 0.2) is 0 Å². The van der Waals surface area contributed by atoms with Gasteiger partial charge in [-0.2, -0.15) is 0 Å². The van der Waals surface area contributed by atoms with Gasteiger partial charge in [0.1, 0.15) is 5.54 Å². The Labute approximate surface area is 173 Å². The number of carbonyl (C=O) groups is 2. The molecule has 2 aromatic rings. The molecule has 1 atom stereocenters. The minimum atomic E-state index is -0.651. The second kappa shape index (κ2) is 7.69. The van der Waals surface area contributed by atoms with Crippen LogP contribution in [0.25, 0.3) is 0 Å². The zero-order chi connectivity index (χ0) is 20.6. The highest BCUT2D eigenvalue weighted by atomic mass is 16.2. The first-order chi connectivity index (χ1) is 13.9. The van der Waals surface area contributed by atoms with Crippen LogP contribution in [0.15, 0.2) is 36.4 Å². The summed E-state index contributed by atoms with van der Waals surface area (Å²) >= 11 is 0. The van der Waals surface area contributed by atoms with Gasteiger partial charge in [-0.1, -0.05) is 30.3 Å². The van der Waals surface area contributed by atoms with Gasteiger partial charge in [0, 0.05) is 38.1 Å². The molecule has 154 valence electrons. The molecule has 3 heterocycles. The molecule has 1 aromatic heterocycles. The Morgan fingerprint density at radius 2 is 1.76 bits per heavy atom. The van der Waals surface area contributed by atoms with Crippen molar-refractivity contribution < 1.29 is 9.59 Å². The predicted octanol–water partition coefficient (Wildman–Crippen LogP) is 3.48. The van der Waals surface area contributed by atoms with Crippen LogP contribution in [-0.4, -0.2) is 51.4 Å². The molecule has 2 aliphatic rings. The summed E-state index contributed by atoms with van der Waals surface area (Å²) in [5, 5.41) is 0. The second-order valence-corrected chi connectivity index (χ2v) is 8.57. The summed E-state index contributed by atoms with van der Waals surface area (Å²) in [4.78, 5) is 31.0. The number of aryl methyl sites for hydroxylation is 1. The number of nitrogens with zero attached hydrogens (tertiary/aromatic N) is 3. The molecular formula is C24H31N3O2. The lowest BCUT2D eigenvalue weighted by atomic mass is 9.84. The van der Waals surface area contributed by atoms with E-state index in [1.807, 2.05) is 59.5 Å². The summed E-state index contributed by atoms with van der Waals surface area (Å²) in [7, 11) is 1.98. The second-order valence-electron chi connectivity index (χ2n) is 8.57. The van der Waals surface area contributed by atoms with E-state index in [2.05, 4.69) is 12.1 Å². The number of benzene rings is 1. The van der Waals surface area contributed by atoms with Gasteiger partial charge >= 0.3 is 0 Å². The standard InChI is InChI=1S/C24H31N3O2/c1-18-17-21(19(2)25(18)3)22(28)27-15-8-13-24(27)12-7-14-26(23(24)29)16-11-20-9-5-4-6-10-20/h4-6,9-10,17H,7-8,11-16H2,1-3H3. The molecule has 1 aromatic carbocycles. The molecule has 29 heavy (non-hydrogen) atoms. The predicted molar refractivity (Wildman–Crippen MR) is 114 cm³/mol. The van der Waals surface area contributed by atoms with E-state index in [-0.39, 0.29) is 11.8 Å². The quantitative estimate of drug-likeness (QED) is 0.798. The molecule has 2 fully saturated rings. The van der Waals surface area contributed by atoms with Crippen molar-refractivity contribution in [2.75, 3.05) is 19.6 Å². The highest BCUT2D eigenvalue weighted by molar-refractivity contribution is 6.01. The molecule has 0 saturated carbocycles. The van der Waals surface area contributed by atoms with Crippen molar-refractivity contribution in [1.82, 2.24) is 14.4 Å². The van der Waals surface area contributed by atoms with Crippen molar-refractivity contribution in [3.63, 3.8) is 0 Å². The summed E-state index contributed by atoms with van der Waals surface area (Å²) in [6, 6.07) is 12.3. The maximum atomic E-state index is 13.6. The van der Waals surface area contributed by atoms with Crippen molar-refractivity contribution >= 4 is 11.8 Å². The van der Waals surface area contributed by atoms with Crippen LogP contribution >= 0.6 is 0 Å². The normalized spacial score (nSPS) is 22.0. The Balaban J connectivity index is 1.55. The van der Waals surface area contributed by atoms with E-state index in [9.17, 15) is 9.59 Å². The van der Waals surface area contributed by atoms with Gasteiger partial charge in [-0.3, -0.25) is 9.59 Å². The molecule has 2 aliphatic heterocycles. The van der Waals surface area contributed by atoms with Crippen molar-refractivity contribution in [2.24, 2.45) is 7.05 Å². The molecule has 4 rings (SSSR count). The fraction of sp³-hybridized carbons (Fsp3) is 0.500. The number of hydrogen-bond acceptors (Lipinski definition) is 2. The molecule has 0 N–H and O–H groups in total. The Hall–Kier alpha value is -2.56. The minimum absolute atomic E-state index is 0.0157. The monoisotopic (exact) mass is 393 g/mol. The van der Waals surface area contributed by atoms with Crippen molar-refractivity contribution in [3.8, 4) is 0 Å². The van der Waals surface area contributed by atoms with E-state index in [4.69, 9.17) is 0 Å². The average Bonchev–Trinajstić information content (AvgIpc) is 3.26. The zero-order valence-corrected chi connectivity index (χ0v) is 17.8. The van der Waals surface area contributed by atoms with E-state index >= 15 is 0 Å². The number of hydrogen-bond donors (Lipinski definition) is 0. The topological polar surface area (TPSA) is 45.6 Å². The largest absolute Gasteiger partial charge is 0.351 e. The smallest absolute Gasteiger partial charge is 0.256 e. The number of aromatic nitrogens is 1. The molecule has 1 unspecified atom stereocenters. The summed E-state index contributed by atoms with van der Waals surface area (Å²) in [5.74, 6) is 0.165. The summed E-state index contributed by atoms with van der Waals surface area (Å²) in [6.07, 6.45) is 4.27. The summed E-state index contributed by atoms with van der Waals surface area (Å²) < 4.78 is 2.05. The lowest BCUT2D eigenvalue weighted by Gasteiger charge is -2.44. The van der Waals surface area contributed by atoms with E-state index in [0.717, 1.165) is 62.1 Å². The maximum absolute atomic E-state index is 13.6. The Morgan fingerprint density at radius 3 is 2.41 bits per heavy atom. The van der Waals surface area contributed by atoms with Crippen molar-refractivity contribution in [1.29, 1.82) is 0 Å². The van der Waals surface area contributed by atoms with Gasteiger partial charge < -0.3 is 14.4 Å². The number of likely N-dealkylation sites (tertiary alicyclic amines) is 2. The van der Waals surface area contributed by atoms with Crippen LogP contribution in [0.5, 0.6) is 0 Å². The van der Waals surface area contributed by atoms with Gasteiger partial charge in [-0.15, -0.1) is 0 Å². The van der Waals surface area contributed by atoms with E-state index in [1.165, 1.54) is 5.56 Å². The molecular weight excluding hydrogens is 362 g/mol. The number of amides is 2. The first-order valence-electron chi connectivity index (χ1n) is 10.7. The fourth-order valence-corrected chi connectivity index (χ4v) is 5.06. The SMILES string of the molecule is Cc1cc(C(=O)N2CCCC23CCCN(CCc2ccccc2)C3=O)c(C)n1C. The van der Waals surface area contributed by atoms with Crippen LogP contribution in [0.1, 0.15) is 53.0 Å². The lowest BCUT2D eigenvalue weighted by molar-refractivity contribution is -0.145. The zero-order valence-electron chi connectivity index (χ0n) is 17.8. The number of rotatable bonds is 4. The van der Waals surface area contributed by atoms with Crippen LogP contribution in [0.4, 0.5) is 0 Å². The van der Waals surface area contributed by atoms with Crippen LogP contribution in [-0.2, 0) is 18.3 Å². The highest BCUT2D eigenvalue weighted by Crippen LogP contribution is 2.39. The Morgan fingerprint density at radius 1 is 1.07 bits per heavy atom.